The van der Waals surface area contributed by atoms with Gasteiger partial charge in [-0.3, -0.25) is 0 Å². The van der Waals surface area contributed by atoms with Gasteiger partial charge in [0.15, 0.2) is 0 Å². The summed E-state index contributed by atoms with van der Waals surface area (Å²) in [5, 5.41) is 0. The predicted molar refractivity (Wildman–Crippen MR) is 57.6 cm³/mol. The van der Waals surface area contributed by atoms with Crippen LogP contribution < -0.4 is 0 Å². The summed E-state index contributed by atoms with van der Waals surface area (Å²) in [6, 6.07) is 0. The number of quaternary nitrogens is 1. The number of methoxy groups -OCH3 is 1. The fourth-order valence-corrected chi connectivity index (χ4v) is 0.852. The second kappa shape index (κ2) is 5.28. The van der Waals surface area contributed by atoms with E-state index in [1.807, 2.05) is 0 Å². The molecule has 0 unspecified atom stereocenters. The van der Waals surface area contributed by atoms with Gasteiger partial charge in [0.2, 0.25) is 0 Å². The van der Waals surface area contributed by atoms with Crippen LogP contribution in [-0.2, 0) is 4.74 Å². The molecule has 0 spiro atoms. The van der Waals surface area contributed by atoms with Crippen molar-refractivity contribution >= 4 is 7.81 Å². The van der Waals surface area contributed by atoms with E-state index in [1.54, 1.807) is 7.11 Å². The summed E-state index contributed by atoms with van der Waals surface area (Å²) >= 11 is 0. The fourth-order valence-electron chi connectivity index (χ4n) is 0.852. The molecule has 9 heteroatoms. The topological polar surface area (TPSA) is 9.23 Å². The Morgan fingerprint density at radius 1 is 0.941 bits per heavy atom. The quantitative estimate of drug-likeness (QED) is 0.411. The molecule has 0 radical (unpaired) electrons. The van der Waals surface area contributed by atoms with Gasteiger partial charge in [-0.1, -0.05) is 0 Å². The maximum atomic E-state index is 9.87. The third kappa shape index (κ3) is 25.9. The van der Waals surface area contributed by atoms with Crippen LogP contribution in [0.4, 0.5) is 25.2 Å². The van der Waals surface area contributed by atoms with E-state index >= 15 is 0 Å². The van der Waals surface area contributed by atoms with Crippen LogP contribution in [-0.4, -0.2) is 44.9 Å². The van der Waals surface area contributed by atoms with Gasteiger partial charge in [-0.2, -0.15) is 0 Å². The second-order valence-corrected chi connectivity index (χ2v) is 5.84. The van der Waals surface area contributed by atoms with Gasteiger partial charge in [0, 0.05) is 7.11 Å². The van der Waals surface area contributed by atoms with Gasteiger partial charge in [0.25, 0.3) is 0 Å². The molecule has 0 aromatic rings. The Kier molecular flexibility index (Phi) is 5.99. The molecule has 0 fully saturated rings. The van der Waals surface area contributed by atoms with Gasteiger partial charge in [-0.15, -0.1) is 0 Å². The monoisotopic (exact) mass is 291 g/mol. The molecule has 0 aliphatic heterocycles. The molecule has 0 saturated heterocycles. The van der Waals surface area contributed by atoms with E-state index in [9.17, 15) is 25.2 Å². The maximum absolute atomic E-state index is 10.7. The summed E-state index contributed by atoms with van der Waals surface area (Å²) in [6.45, 7) is 8.83. The van der Waals surface area contributed by atoms with Crippen molar-refractivity contribution in [3.63, 3.8) is 0 Å². The van der Waals surface area contributed by atoms with Gasteiger partial charge >= 0.3 is 33.0 Å². The molecular weight excluding hydrogens is 271 g/mol. The Morgan fingerprint density at radius 2 is 1.24 bits per heavy atom. The number of nitrogens with zero attached hydrogens (tertiary/aromatic N) is 1. The van der Waals surface area contributed by atoms with Crippen LogP contribution in [0.5, 0.6) is 0 Å². The van der Waals surface area contributed by atoms with Crippen LogP contribution in [0.25, 0.3) is 0 Å². The molecule has 0 heterocycles. The first-order valence-electron chi connectivity index (χ1n) is 5.02. The summed E-state index contributed by atoms with van der Waals surface area (Å²) in [6.07, 6.45) is 0. The molecular formula is C8H20F6NOP. The van der Waals surface area contributed by atoms with E-state index in [0.29, 0.717) is 0 Å². The molecule has 0 N–H and O–H groups in total. The Bertz CT molecular complexity index is 210. The molecule has 0 aliphatic rings. The number of likely N-dealkylation sites (N-methyl/N-ethyl adjacent to an activating group) is 1. The van der Waals surface area contributed by atoms with Crippen LogP contribution >= 0.6 is 7.81 Å². The third-order valence-electron chi connectivity index (χ3n) is 2.36. The zero-order valence-electron chi connectivity index (χ0n) is 10.4. The molecule has 0 atom stereocenters. The van der Waals surface area contributed by atoms with E-state index in [-0.39, 0.29) is 0 Å². The van der Waals surface area contributed by atoms with Gasteiger partial charge in [0.05, 0.1) is 26.7 Å². The summed E-state index contributed by atoms with van der Waals surface area (Å²) < 4.78 is 65.3. The Morgan fingerprint density at radius 3 is 1.41 bits per heavy atom. The minimum absolute atomic E-state index is 0.873. The van der Waals surface area contributed by atoms with Crippen LogP contribution in [0.15, 0.2) is 0 Å². The van der Waals surface area contributed by atoms with E-state index in [0.717, 1.165) is 17.6 Å². The van der Waals surface area contributed by atoms with Crippen LogP contribution in [0.1, 0.15) is 13.8 Å². The number of halogens is 6. The second-order valence-electron chi connectivity index (χ2n) is 3.93. The van der Waals surface area contributed by atoms with Crippen molar-refractivity contribution in [3.05, 3.63) is 0 Å². The molecule has 0 aromatic carbocycles. The van der Waals surface area contributed by atoms with Crippen LogP contribution in [0, 0.1) is 0 Å². The fraction of sp³-hybridized carbons (Fsp3) is 1.00. The third-order valence-corrected chi connectivity index (χ3v) is 2.36. The van der Waals surface area contributed by atoms with Gasteiger partial charge < -0.3 is 9.22 Å². The van der Waals surface area contributed by atoms with E-state index in [4.69, 9.17) is 4.74 Å². The molecule has 0 saturated carbocycles. The summed E-state index contributed by atoms with van der Waals surface area (Å²) in [5.41, 5.74) is 0. The van der Waals surface area contributed by atoms with Crippen molar-refractivity contribution in [1.82, 2.24) is 0 Å². The first-order valence-corrected chi connectivity index (χ1v) is 7.05. The van der Waals surface area contributed by atoms with Crippen molar-refractivity contribution < 1.29 is 34.4 Å². The molecule has 0 amide bonds. The van der Waals surface area contributed by atoms with Crippen molar-refractivity contribution in [2.24, 2.45) is 0 Å². The average molecular weight is 291 g/mol. The van der Waals surface area contributed by atoms with Crippen molar-refractivity contribution in [1.29, 1.82) is 0 Å². The Balaban J connectivity index is 0. The molecule has 110 valence electrons. The van der Waals surface area contributed by atoms with Crippen LogP contribution in [0.3, 0.4) is 0 Å². The van der Waals surface area contributed by atoms with Crippen molar-refractivity contribution in [2.75, 3.05) is 40.4 Å². The molecule has 0 rings (SSSR count). The zero-order valence-corrected chi connectivity index (χ0v) is 11.3. The summed E-state index contributed by atoms with van der Waals surface area (Å²) in [5.74, 6) is 0. The number of ether oxygens (including phenoxy) is 1. The number of hydrogen-bond acceptors (Lipinski definition) is 1. The first kappa shape index (κ1) is 19.3. The first-order chi connectivity index (χ1) is 7.13. The number of hydrogen-bond donors (Lipinski definition) is 0. The van der Waals surface area contributed by atoms with E-state index in [2.05, 4.69) is 20.9 Å². The Labute approximate surface area is 97.4 Å². The van der Waals surface area contributed by atoms with Crippen LogP contribution in [0.2, 0.25) is 0 Å². The Hall–Kier alpha value is -0.0700. The van der Waals surface area contributed by atoms with E-state index in [1.165, 1.54) is 13.1 Å². The molecule has 2 nitrogen and oxygen atoms in total. The van der Waals surface area contributed by atoms with Gasteiger partial charge in [0.1, 0.15) is 6.54 Å². The predicted octanol–water partition coefficient (Wildman–Crippen LogP) is 4.50. The summed E-state index contributed by atoms with van der Waals surface area (Å²) in [4.78, 5) is 0. The standard InChI is InChI=1S/C8H20NO.F6P/c1-5-9(3,6-2)7-8-10-4;1-7(2,3,4,5)6/h5-8H2,1-4H3;/q+1;-1. The molecule has 17 heavy (non-hydrogen) atoms. The van der Waals surface area contributed by atoms with Gasteiger partial charge in [-0.25, -0.2) is 0 Å². The minimum atomic E-state index is -10.7. The van der Waals surface area contributed by atoms with Crippen molar-refractivity contribution in [2.45, 2.75) is 13.8 Å². The molecule has 0 aliphatic carbocycles. The SMILES string of the molecule is CC[N+](C)(CC)CCOC.F[P-](F)(F)(F)(F)F. The zero-order chi connectivity index (χ0) is 14.4. The normalized spacial score (nSPS) is 16.6. The van der Waals surface area contributed by atoms with E-state index < -0.39 is 7.81 Å². The van der Waals surface area contributed by atoms with Crippen molar-refractivity contribution in [3.8, 4) is 0 Å². The van der Waals surface area contributed by atoms with Gasteiger partial charge in [-0.05, 0) is 13.8 Å². The summed E-state index contributed by atoms with van der Waals surface area (Å²) in [7, 11) is -6.63. The number of rotatable bonds is 5. The molecule has 0 aromatic heterocycles. The molecule has 0 bridgehead atoms. The average Bonchev–Trinajstić information content (AvgIpc) is 2.09.